The summed E-state index contributed by atoms with van der Waals surface area (Å²) in [5.74, 6) is 0.452. The van der Waals surface area contributed by atoms with Crippen molar-refractivity contribution >= 4 is 35.6 Å². The van der Waals surface area contributed by atoms with E-state index in [1.54, 1.807) is 12.1 Å². The lowest BCUT2D eigenvalue weighted by atomic mass is 10.1. The Morgan fingerprint density at radius 2 is 1.71 bits per heavy atom. The number of alkyl halides is 3. The lowest BCUT2D eigenvalue weighted by Gasteiger charge is -2.13. The molecule has 0 bridgehead atoms. The zero-order valence-corrected chi connectivity index (χ0v) is 18.1. The smallest absolute Gasteiger partial charge is 0.422 e. The van der Waals surface area contributed by atoms with Gasteiger partial charge < -0.3 is 20.5 Å². The summed E-state index contributed by atoms with van der Waals surface area (Å²) in [4.78, 5) is 4.25. The van der Waals surface area contributed by atoms with Crippen LogP contribution in [0.15, 0.2) is 41.4 Å². The van der Waals surface area contributed by atoms with Crippen LogP contribution in [0.25, 0.3) is 0 Å². The van der Waals surface area contributed by atoms with Gasteiger partial charge in [0.2, 0.25) is 0 Å². The van der Waals surface area contributed by atoms with E-state index in [1.807, 2.05) is 32.0 Å². The third-order valence-corrected chi connectivity index (χ3v) is 3.55. The molecule has 2 aromatic carbocycles. The number of benzene rings is 2. The second-order valence-corrected chi connectivity index (χ2v) is 6.09. The first kappa shape index (κ1) is 23.9. The van der Waals surface area contributed by atoms with E-state index in [0.717, 1.165) is 22.4 Å². The quantitative estimate of drug-likeness (QED) is 0.334. The van der Waals surface area contributed by atoms with Crippen molar-refractivity contribution in [1.29, 1.82) is 0 Å². The van der Waals surface area contributed by atoms with Gasteiger partial charge >= 0.3 is 6.18 Å². The zero-order valence-electron chi connectivity index (χ0n) is 15.8. The summed E-state index contributed by atoms with van der Waals surface area (Å²) in [6.07, 6.45) is -4.41. The van der Waals surface area contributed by atoms with E-state index in [-0.39, 0.29) is 48.0 Å². The monoisotopic (exact) mass is 509 g/mol. The Morgan fingerprint density at radius 3 is 2.29 bits per heavy atom. The normalized spacial score (nSPS) is 11.6. The van der Waals surface area contributed by atoms with Crippen molar-refractivity contribution in [1.82, 2.24) is 0 Å². The molecule has 0 radical (unpaired) electrons. The van der Waals surface area contributed by atoms with Crippen LogP contribution in [0.2, 0.25) is 0 Å². The van der Waals surface area contributed by atoms with E-state index in [2.05, 4.69) is 10.3 Å². The van der Waals surface area contributed by atoms with Crippen LogP contribution in [-0.4, -0.2) is 25.9 Å². The fourth-order valence-electron chi connectivity index (χ4n) is 2.50. The van der Waals surface area contributed by atoms with Crippen LogP contribution in [0.1, 0.15) is 16.7 Å². The first-order chi connectivity index (χ1) is 12.7. The van der Waals surface area contributed by atoms with Gasteiger partial charge in [-0.3, -0.25) is 0 Å². The Labute approximate surface area is 179 Å². The number of halogens is 4. The van der Waals surface area contributed by atoms with E-state index in [9.17, 15) is 13.2 Å². The molecule has 0 aliphatic heterocycles. The molecule has 0 aliphatic rings. The number of methoxy groups -OCH3 is 1. The number of nitrogens with one attached hydrogen (secondary N) is 1. The van der Waals surface area contributed by atoms with Crippen molar-refractivity contribution in [2.45, 2.75) is 26.6 Å². The predicted molar refractivity (Wildman–Crippen MR) is 115 cm³/mol. The molecule has 0 heterocycles. The number of nitrogens with zero attached hydrogens (tertiary/aromatic N) is 1. The average molecular weight is 509 g/mol. The van der Waals surface area contributed by atoms with Crippen LogP contribution in [0.4, 0.5) is 18.9 Å². The lowest BCUT2D eigenvalue weighted by molar-refractivity contribution is -0.153. The third-order valence-electron chi connectivity index (χ3n) is 3.55. The van der Waals surface area contributed by atoms with Gasteiger partial charge in [-0.15, -0.1) is 24.0 Å². The molecule has 9 heteroatoms. The number of ether oxygens (including phenoxy) is 2. The van der Waals surface area contributed by atoms with Crippen molar-refractivity contribution in [2.75, 3.05) is 19.0 Å². The number of aryl methyl sites for hydroxylation is 2. The second-order valence-electron chi connectivity index (χ2n) is 6.09. The molecule has 0 saturated heterocycles. The van der Waals surface area contributed by atoms with E-state index < -0.39 is 12.8 Å². The maximum Gasteiger partial charge on any atom is 0.422 e. The van der Waals surface area contributed by atoms with Gasteiger partial charge in [-0.25, -0.2) is 4.99 Å². The molecule has 5 nitrogen and oxygen atoms in total. The fourth-order valence-corrected chi connectivity index (χ4v) is 2.50. The van der Waals surface area contributed by atoms with Crippen molar-refractivity contribution in [3.8, 4) is 11.5 Å². The molecular weight excluding hydrogens is 486 g/mol. The number of aliphatic imine (C=N–C) groups is 1. The number of hydrogen-bond donors (Lipinski definition) is 2. The molecule has 0 atom stereocenters. The lowest BCUT2D eigenvalue weighted by Crippen LogP contribution is -2.22. The van der Waals surface area contributed by atoms with Crippen LogP contribution >= 0.6 is 24.0 Å². The molecule has 2 rings (SSSR count). The summed E-state index contributed by atoms with van der Waals surface area (Å²) >= 11 is 0. The van der Waals surface area contributed by atoms with Crippen molar-refractivity contribution < 1.29 is 22.6 Å². The Morgan fingerprint density at radius 1 is 1.07 bits per heavy atom. The van der Waals surface area contributed by atoms with Gasteiger partial charge in [-0.2, -0.15) is 13.2 Å². The fraction of sp³-hybridized carbons (Fsp3) is 0.316. The van der Waals surface area contributed by atoms with E-state index >= 15 is 0 Å². The van der Waals surface area contributed by atoms with Crippen LogP contribution < -0.4 is 20.5 Å². The molecule has 0 amide bonds. The Hall–Kier alpha value is -2.17. The highest BCUT2D eigenvalue weighted by atomic mass is 127. The maximum absolute atomic E-state index is 12.3. The van der Waals surface area contributed by atoms with E-state index in [0.29, 0.717) is 0 Å². The molecule has 0 saturated carbocycles. The van der Waals surface area contributed by atoms with Gasteiger partial charge in [0.15, 0.2) is 24.1 Å². The first-order valence-electron chi connectivity index (χ1n) is 8.18. The van der Waals surface area contributed by atoms with Crippen molar-refractivity contribution in [3.63, 3.8) is 0 Å². The van der Waals surface area contributed by atoms with Gasteiger partial charge in [0.05, 0.1) is 13.7 Å². The molecule has 2 aromatic rings. The summed E-state index contributed by atoms with van der Waals surface area (Å²) in [6.45, 7) is 2.83. The van der Waals surface area contributed by atoms with Gasteiger partial charge in [-0.05, 0) is 54.8 Å². The van der Waals surface area contributed by atoms with Gasteiger partial charge in [0.1, 0.15) is 0 Å². The standard InChI is InChI=1S/C19H22F3N3O2.HI/c1-12-6-13(2)8-15(7-12)25-18(23)24-10-14-4-5-16(17(9-14)26-3)27-11-19(20,21)22;/h4-9H,10-11H2,1-3H3,(H3,23,24,25);1H. The molecular formula is C19H23F3IN3O2. The van der Waals surface area contributed by atoms with E-state index in [1.165, 1.54) is 13.2 Å². The Balaban J connectivity index is 0.00000392. The molecule has 3 N–H and O–H groups in total. The third kappa shape index (κ3) is 7.83. The minimum absolute atomic E-state index is 0. The molecule has 0 aliphatic carbocycles. The van der Waals surface area contributed by atoms with Crippen molar-refractivity contribution in [3.05, 3.63) is 53.1 Å². The highest BCUT2D eigenvalue weighted by Gasteiger charge is 2.29. The number of hydrogen-bond acceptors (Lipinski definition) is 3. The van der Waals surface area contributed by atoms with Crippen LogP contribution in [-0.2, 0) is 6.54 Å². The zero-order chi connectivity index (χ0) is 20.0. The highest BCUT2D eigenvalue weighted by Crippen LogP contribution is 2.30. The molecule has 0 spiro atoms. The predicted octanol–water partition coefficient (Wildman–Crippen LogP) is 4.80. The van der Waals surface area contributed by atoms with E-state index in [4.69, 9.17) is 15.2 Å². The summed E-state index contributed by atoms with van der Waals surface area (Å²) in [7, 11) is 1.36. The highest BCUT2D eigenvalue weighted by molar-refractivity contribution is 14.0. The number of anilines is 1. The summed E-state index contributed by atoms with van der Waals surface area (Å²) in [6, 6.07) is 10.5. The van der Waals surface area contributed by atoms with Gasteiger partial charge in [0, 0.05) is 5.69 Å². The Bertz CT molecular complexity index is 806. The number of guanidine groups is 1. The summed E-state index contributed by atoms with van der Waals surface area (Å²) in [5.41, 5.74) is 9.66. The summed E-state index contributed by atoms with van der Waals surface area (Å²) in [5, 5.41) is 3.02. The molecule has 0 aromatic heterocycles. The van der Waals surface area contributed by atoms with Crippen molar-refractivity contribution in [2.24, 2.45) is 10.7 Å². The second kappa shape index (κ2) is 10.4. The SMILES string of the molecule is COc1cc(CN=C(N)Nc2cc(C)cc(C)c2)ccc1OCC(F)(F)F.I. The van der Waals surface area contributed by atoms with Crippen LogP contribution in [0.3, 0.4) is 0 Å². The average Bonchev–Trinajstić information content (AvgIpc) is 2.56. The Kier molecular flexibility index (Phi) is 8.86. The summed E-state index contributed by atoms with van der Waals surface area (Å²) < 4.78 is 46.7. The largest absolute Gasteiger partial charge is 0.493 e. The maximum atomic E-state index is 12.3. The number of rotatable bonds is 6. The van der Waals surface area contributed by atoms with Crippen LogP contribution in [0, 0.1) is 13.8 Å². The number of nitrogens with two attached hydrogens (primary N) is 1. The molecule has 0 unspecified atom stereocenters. The van der Waals surface area contributed by atoms with Gasteiger partial charge in [-0.1, -0.05) is 12.1 Å². The molecule has 28 heavy (non-hydrogen) atoms. The minimum Gasteiger partial charge on any atom is -0.493 e. The van der Waals surface area contributed by atoms with Gasteiger partial charge in [0.25, 0.3) is 0 Å². The minimum atomic E-state index is -4.41. The molecule has 0 fully saturated rings. The topological polar surface area (TPSA) is 68.9 Å². The van der Waals surface area contributed by atoms with Crippen LogP contribution in [0.5, 0.6) is 11.5 Å². The molecule has 154 valence electrons. The first-order valence-corrected chi connectivity index (χ1v) is 8.18.